The van der Waals surface area contributed by atoms with Crippen molar-refractivity contribution in [2.24, 2.45) is 17.8 Å². The van der Waals surface area contributed by atoms with Crippen molar-refractivity contribution in [3.63, 3.8) is 0 Å². The molecule has 0 aromatic carbocycles. The van der Waals surface area contributed by atoms with Crippen molar-refractivity contribution in [3.05, 3.63) is 52.6 Å². The van der Waals surface area contributed by atoms with Crippen molar-refractivity contribution in [1.82, 2.24) is 9.97 Å². The summed E-state index contributed by atoms with van der Waals surface area (Å²) >= 11 is 0. The molecule has 0 spiro atoms. The zero-order valence-corrected chi connectivity index (χ0v) is 17.4. The van der Waals surface area contributed by atoms with Gasteiger partial charge in [-0.25, -0.2) is 13.8 Å². The second kappa shape index (κ2) is 8.77. The molecule has 4 rings (SSSR count). The fourth-order valence-corrected chi connectivity index (χ4v) is 4.11. The number of pyridine rings is 2. The lowest BCUT2D eigenvalue weighted by Gasteiger charge is -2.38. The molecule has 2 fully saturated rings. The minimum Gasteiger partial charge on any atom is -0.492 e. The van der Waals surface area contributed by atoms with Crippen LogP contribution in [0.3, 0.4) is 0 Å². The number of aromatic amines is 1. The number of amides is 1. The third-order valence-electron chi connectivity index (χ3n) is 6.40. The van der Waals surface area contributed by atoms with Crippen LogP contribution >= 0.6 is 0 Å². The number of nitrogens with zero attached hydrogens (tertiary/aromatic N) is 1. The summed E-state index contributed by atoms with van der Waals surface area (Å²) in [5.74, 6) is -3.07. The Labute approximate surface area is 179 Å². The summed E-state index contributed by atoms with van der Waals surface area (Å²) < 4.78 is 34.8. The zero-order chi connectivity index (χ0) is 22.0. The highest BCUT2D eigenvalue weighted by molar-refractivity contribution is 5.91. The van der Waals surface area contributed by atoms with Gasteiger partial charge in [0.25, 0.3) is 5.92 Å². The third-order valence-corrected chi connectivity index (χ3v) is 6.40. The lowest BCUT2D eigenvalue weighted by Crippen LogP contribution is -2.38. The first-order valence-corrected chi connectivity index (χ1v) is 10.8. The van der Waals surface area contributed by atoms with Gasteiger partial charge in [-0.15, -0.1) is 0 Å². The van der Waals surface area contributed by atoms with Crippen LogP contribution in [0, 0.1) is 17.8 Å². The van der Waals surface area contributed by atoms with Crippen molar-refractivity contribution in [1.29, 1.82) is 0 Å². The zero-order valence-electron chi connectivity index (χ0n) is 17.4. The van der Waals surface area contributed by atoms with Crippen LogP contribution in [0.5, 0.6) is 5.75 Å². The Morgan fingerprint density at radius 3 is 2.74 bits per heavy atom. The number of rotatable bonds is 7. The molecule has 2 aromatic rings. The Morgan fingerprint density at radius 2 is 2.10 bits per heavy atom. The predicted octanol–water partition coefficient (Wildman–Crippen LogP) is 4.35. The van der Waals surface area contributed by atoms with E-state index in [4.69, 9.17) is 4.74 Å². The van der Waals surface area contributed by atoms with E-state index in [1.54, 1.807) is 25.3 Å². The molecule has 2 aromatic heterocycles. The summed E-state index contributed by atoms with van der Waals surface area (Å²) in [5, 5.41) is 2.79. The number of H-pyrrole nitrogens is 1. The number of aromatic nitrogens is 2. The molecule has 1 amide bonds. The highest BCUT2D eigenvalue weighted by Gasteiger charge is 2.47. The van der Waals surface area contributed by atoms with Gasteiger partial charge in [0.05, 0.1) is 12.8 Å². The van der Waals surface area contributed by atoms with Gasteiger partial charge in [-0.2, -0.15) is 0 Å². The van der Waals surface area contributed by atoms with Gasteiger partial charge < -0.3 is 15.0 Å². The topological polar surface area (TPSA) is 84.1 Å². The van der Waals surface area contributed by atoms with E-state index in [0.717, 1.165) is 0 Å². The van der Waals surface area contributed by atoms with E-state index in [9.17, 15) is 18.4 Å². The maximum atomic E-state index is 14.6. The maximum Gasteiger partial charge on any atom is 0.254 e. The highest BCUT2D eigenvalue weighted by atomic mass is 19.3. The van der Waals surface area contributed by atoms with E-state index >= 15 is 0 Å². The van der Waals surface area contributed by atoms with Crippen molar-refractivity contribution in [2.75, 3.05) is 11.9 Å². The molecule has 2 N–H and O–H groups in total. The quantitative estimate of drug-likeness (QED) is 0.683. The van der Waals surface area contributed by atoms with Crippen molar-refractivity contribution in [2.45, 2.75) is 50.9 Å². The molecule has 0 unspecified atom stereocenters. The highest BCUT2D eigenvalue weighted by Crippen LogP contribution is 2.48. The molecule has 0 radical (unpaired) electrons. The lowest BCUT2D eigenvalue weighted by atomic mass is 9.71. The Kier molecular flexibility index (Phi) is 6.07. The first-order valence-electron chi connectivity index (χ1n) is 10.8. The molecule has 2 aliphatic rings. The second-order valence-electron chi connectivity index (χ2n) is 8.75. The monoisotopic (exact) mass is 431 g/mol. The summed E-state index contributed by atoms with van der Waals surface area (Å²) in [5.41, 5.74) is 0.0639. The molecule has 6 nitrogen and oxygen atoms in total. The van der Waals surface area contributed by atoms with Gasteiger partial charge in [0.15, 0.2) is 0 Å². The van der Waals surface area contributed by atoms with Gasteiger partial charge in [0, 0.05) is 30.5 Å². The van der Waals surface area contributed by atoms with Crippen LogP contribution < -0.4 is 15.6 Å². The van der Waals surface area contributed by atoms with Gasteiger partial charge in [-0.1, -0.05) is 13.0 Å². The van der Waals surface area contributed by atoms with E-state index in [2.05, 4.69) is 15.3 Å². The second-order valence-corrected chi connectivity index (χ2v) is 8.75. The number of carbonyl (C=O) groups is 1. The van der Waals surface area contributed by atoms with Gasteiger partial charge in [-0.05, 0) is 55.2 Å². The predicted molar refractivity (Wildman–Crippen MR) is 112 cm³/mol. The Hall–Kier alpha value is -2.77. The number of anilines is 1. The molecule has 8 heteroatoms. The largest absolute Gasteiger partial charge is 0.492 e. The van der Waals surface area contributed by atoms with E-state index in [0.29, 0.717) is 29.7 Å². The fourth-order valence-electron chi connectivity index (χ4n) is 4.11. The minimum atomic E-state index is -2.87. The molecule has 166 valence electrons. The summed E-state index contributed by atoms with van der Waals surface area (Å²) in [6.07, 6.45) is 5.49. The van der Waals surface area contributed by atoms with E-state index < -0.39 is 17.8 Å². The number of alkyl halides is 2. The number of nitrogens with one attached hydrogen (secondary N) is 2. The molecule has 0 saturated heterocycles. The number of carbonyl (C=O) groups excluding carboxylic acids is 1. The molecule has 2 aliphatic carbocycles. The average molecular weight is 431 g/mol. The molecular formula is C23H27F2N3O3. The average Bonchev–Trinajstić information content (AvgIpc) is 3.58. The Morgan fingerprint density at radius 1 is 1.29 bits per heavy atom. The van der Waals surface area contributed by atoms with Crippen molar-refractivity contribution >= 4 is 11.7 Å². The third kappa shape index (κ3) is 5.29. The Balaban J connectivity index is 1.37. The first-order chi connectivity index (χ1) is 14.8. The number of hydrogen-bond acceptors (Lipinski definition) is 4. The number of ether oxygens (including phenoxy) is 1. The van der Waals surface area contributed by atoms with Crippen LogP contribution in [-0.2, 0) is 4.79 Å². The number of halogens is 2. The molecule has 0 aliphatic heterocycles. The summed E-state index contributed by atoms with van der Waals surface area (Å²) in [6.45, 7) is 2.45. The van der Waals surface area contributed by atoms with Gasteiger partial charge in [0.1, 0.15) is 11.6 Å². The lowest BCUT2D eigenvalue weighted by molar-refractivity contribution is -0.124. The van der Waals surface area contributed by atoms with E-state index in [1.807, 2.05) is 0 Å². The molecule has 31 heavy (non-hydrogen) atoms. The van der Waals surface area contributed by atoms with Gasteiger partial charge >= 0.3 is 0 Å². The van der Waals surface area contributed by atoms with Crippen LogP contribution in [0.4, 0.5) is 14.6 Å². The van der Waals surface area contributed by atoms with Crippen molar-refractivity contribution in [3.8, 4) is 5.75 Å². The molecule has 2 saturated carbocycles. The van der Waals surface area contributed by atoms with E-state index in [1.165, 1.54) is 31.2 Å². The minimum absolute atomic E-state index is 0.176. The van der Waals surface area contributed by atoms with Crippen LogP contribution in [0.25, 0.3) is 0 Å². The normalized spacial score (nSPS) is 23.7. The summed E-state index contributed by atoms with van der Waals surface area (Å²) in [6, 6.07) is 6.16. The molecule has 0 bridgehead atoms. The SMILES string of the molecule is C[C@@H](C(=O)Nc1ccc(OCC2CC2)cn1)[C@H]1CCC(F)(F)[C@@H](c2ccc(=O)[nH]c2)C1. The van der Waals surface area contributed by atoms with Crippen LogP contribution in [-0.4, -0.2) is 28.4 Å². The van der Waals surface area contributed by atoms with Crippen molar-refractivity contribution < 1.29 is 18.3 Å². The maximum absolute atomic E-state index is 14.6. The van der Waals surface area contributed by atoms with E-state index in [-0.39, 0.29) is 36.6 Å². The van der Waals surface area contributed by atoms with Crippen LogP contribution in [0.2, 0.25) is 0 Å². The van der Waals surface area contributed by atoms with Gasteiger partial charge in [0.2, 0.25) is 11.5 Å². The first kappa shape index (κ1) is 21.5. The summed E-state index contributed by atoms with van der Waals surface area (Å²) in [7, 11) is 0. The standard InChI is InChI=1S/C23H27F2N3O3/c1-14(22(30)28-20-6-5-18(12-26-20)31-13-15-2-3-15)16-8-9-23(24,25)19(10-16)17-4-7-21(29)27-11-17/h4-7,11-12,14-16,19H,2-3,8-10,13H2,1H3,(H,27,29)(H,26,28,30)/t14-,16+,19-/m1/s1. The fraction of sp³-hybridized carbons (Fsp3) is 0.522. The smallest absolute Gasteiger partial charge is 0.254 e. The molecule has 3 atom stereocenters. The molecular weight excluding hydrogens is 404 g/mol. The Bertz CT molecular complexity index is 952. The number of hydrogen-bond donors (Lipinski definition) is 2. The summed E-state index contributed by atoms with van der Waals surface area (Å²) in [4.78, 5) is 30.7. The van der Waals surface area contributed by atoms with Gasteiger partial charge in [-0.3, -0.25) is 9.59 Å². The van der Waals surface area contributed by atoms with Crippen LogP contribution in [0.15, 0.2) is 41.5 Å². The van der Waals surface area contributed by atoms with Crippen LogP contribution in [0.1, 0.15) is 50.5 Å². The molecule has 2 heterocycles.